The van der Waals surface area contributed by atoms with E-state index in [0.717, 1.165) is 29.7 Å². The molecular formula is C28H22F2N6O. The van der Waals surface area contributed by atoms with Gasteiger partial charge in [0.1, 0.15) is 11.6 Å². The highest BCUT2D eigenvalue weighted by atomic mass is 19.1. The van der Waals surface area contributed by atoms with E-state index in [1.54, 1.807) is 30.7 Å². The summed E-state index contributed by atoms with van der Waals surface area (Å²) in [5.74, 6) is -0.973. The number of benzene rings is 2. The Morgan fingerprint density at radius 2 is 1.70 bits per heavy atom. The van der Waals surface area contributed by atoms with Gasteiger partial charge in [-0.05, 0) is 49.2 Å². The topological polar surface area (TPSA) is 84.2 Å². The van der Waals surface area contributed by atoms with Crippen molar-refractivity contribution in [3.8, 4) is 22.5 Å². The molecule has 1 amide bonds. The number of rotatable bonds is 7. The van der Waals surface area contributed by atoms with Gasteiger partial charge in [0.25, 0.3) is 5.91 Å². The van der Waals surface area contributed by atoms with Crippen molar-refractivity contribution in [1.82, 2.24) is 24.7 Å². The molecule has 7 nitrogen and oxygen atoms in total. The molecule has 1 aliphatic rings. The second kappa shape index (κ2) is 9.42. The predicted octanol–water partition coefficient (Wildman–Crippen LogP) is 5.24. The molecule has 184 valence electrons. The van der Waals surface area contributed by atoms with Gasteiger partial charge in [0.05, 0.1) is 17.6 Å². The number of aromatic nitrogens is 4. The first kappa shape index (κ1) is 22.8. The number of hydrogen-bond donors (Lipinski definition) is 2. The zero-order valence-electron chi connectivity index (χ0n) is 19.7. The summed E-state index contributed by atoms with van der Waals surface area (Å²) in [6, 6.07) is 15.0. The molecule has 1 fully saturated rings. The van der Waals surface area contributed by atoms with Gasteiger partial charge in [-0.3, -0.25) is 14.2 Å². The normalized spacial score (nSPS) is 13.0. The van der Waals surface area contributed by atoms with Crippen LogP contribution >= 0.6 is 0 Å². The van der Waals surface area contributed by atoms with Crippen LogP contribution in [-0.2, 0) is 6.54 Å². The SMILES string of the molecule is O=C(NC1CC1)c1ccc(-c2cnc3c(NCc4c(F)cccc4F)nc(-c4ccncc4)cn23)cc1. The lowest BCUT2D eigenvalue weighted by Crippen LogP contribution is -2.25. The Balaban J connectivity index is 1.39. The lowest BCUT2D eigenvalue weighted by atomic mass is 10.1. The van der Waals surface area contributed by atoms with Gasteiger partial charge in [-0.15, -0.1) is 0 Å². The molecule has 6 rings (SSSR count). The van der Waals surface area contributed by atoms with Gasteiger partial charge in [0.15, 0.2) is 11.5 Å². The summed E-state index contributed by atoms with van der Waals surface area (Å²) in [6.07, 6.45) is 8.96. The van der Waals surface area contributed by atoms with Gasteiger partial charge in [-0.2, -0.15) is 0 Å². The maximum Gasteiger partial charge on any atom is 0.251 e. The summed E-state index contributed by atoms with van der Waals surface area (Å²) >= 11 is 0. The highest BCUT2D eigenvalue weighted by molar-refractivity contribution is 5.95. The van der Waals surface area contributed by atoms with Crippen LogP contribution in [0.5, 0.6) is 0 Å². The molecule has 0 unspecified atom stereocenters. The fourth-order valence-corrected chi connectivity index (χ4v) is 4.14. The largest absolute Gasteiger partial charge is 0.363 e. The molecule has 3 heterocycles. The lowest BCUT2D eigenvalue weighted by Gasteiger charge is -2.12. The van der Waals surface area contributed by atoms with Crippen molar-refractivity contribution in [3.63, 3.8) is 0 Å². The number of carbonyl (C=O) groups is 1. The molecular weight excluding hydrogens is 474 g/mol. The van der Waals surface area contributed by atoms with Crippen LogP contribution in [0, 0.1) is 11.6 Å². The van der Waals surface area contributed by atoms with Crippen molar-refractivity contribution >= 4 is 17.4 Å². The summed E-state index contributed by atoms with van der Waals surface area (Å²) in [5.41, 5.74) is 4.10. The number of carbonyl (C=O) groups excluding carboxylic acids is 1. The number of imidazole rings is 1. The molecule has 0 spiro atoms. The summed E-state index contributed by atoms with van der Waals surface area (Å²) in [4.78, 5) is 25.7. The Labute approximate surface area is 211 Å². The van der Waals surface area contributed by atoms with E-state index < -0.39 is 11.6 Å². The van der Waals surface area contributed by atoms with Gasteiger partial charge < -0.3 is 10.6 Å². The summed E-state index contributed by atoms with van der Waals surface area (Å²) in [6.45, 7) is -0.103. The van der Waals surface area contributed by atoms with E-state index in [2.05, 4.69) is 20.6 Å². The van der Waals surface area contributed by atoms with E-state index in [9.17, 15) is 13.6 Å². The van der Waals surface area contributed by atoms with E-state index in [0.29, 0.717) is 22.7 Å². The molecule has 2 aromatic carbocycles. The van der Waals surface area contributed by atoms with Crippen LogP contribution in [0.25, 0.3) is 28.2 Å². The summed E-state index contributed by atoms with van der Waals surface area (Å²) < 4.78 is 30.4. The predicted molar refractivity (Wildman–Crippen MR) is 136 cm³/mol. The highest BCUT2D eigenvalue weighted by Crippen LogP contribution is 2.28. The molecule has 9 heteroatoms. The third-order valence-corrected chi connectivity index (χ3v) is 6.32. The Morgan fingerprint density at radius 3 is 2.41 bits per heavy atom. The Bertz CT molecular complexity index is 1580. The van der Waals surface area contributed by atoms with Crippen molar-refractivity contribution in [1.29, 1.82) is 0 Å². The Kier molecular flexibility index (Phi) is 5.80. The summed E-state index contributed by atoms with van der Waals surface area (Å²) in [7, 11) is 0. The van der Waals surface area contributed by atoms with Crippen LogP contribution < -0.4 is 10.6 Å². The second-order valence-electron chi connectivity index (χ2n) is 8.93. The summed E-state index contributed by atoms with van der Waals surface area (Å²) in [5, 5.41) is 6.06. The second-order valence-corrected chi connectivity index (χ2v) is 8.93. The van der Waals surface area contributed by atoms with Crippen LogP contribution in [-0.4, -0.2) is 31.3 Å². The number of nitrogens with zero attached hydrogens (tertiary/aromatic N) is 4. The van der Waals surface area contributed by atoms with Crippen molar-refractivity contribution < 1.29 is 13.6 Å². The minimum absolute atomic E-state index is 0.0800. The van der Waals surface area contributed by atoms with E-state index in [4.69, 9.17) is 4.98 Å². The fraction of sp³-hybridized carbons (Fsp3) is 0.143. The number of halogens is 2. The number of fused-ring (bicyclic) bond motifs is 1. The lowest BCUT2D eigenvalue weighted by molar-refractivity contribution is 0.0951. The minimum Gasteiger partial charge on any atom is -0.363 e. The molecule has 3 aromatic heterocycles. The molecule has 0 aliphatic heterocycles. The van der Waals surface area contributed by atoms with E-state index in [-0.39, 0.29) is 24.1 Å². The van der Waals surface area contributed by atoms with Gasteiger partial charge in [0, 0.05) is 53.4 Å². The molecule has 1 saturated carbocycles. The average Bonchev–Trinajstić information content (AvgIpc) is 3.63. The molecule has 1 aliphatic carbocycles. The highest BCUT2D eigenvalue weighted by Gasteiger charge is 2.24. The van der Waals surface area contributed by atoms with E-state index in [1.165, 1.54) is 18.2 Å². The smallest absolute Gasteiger partial charge is 0.251 e. The fourth-order valence-electron chi connectivity index (χ4n) is 4.14. The first-order chi connectivity index (χ1) is 18.1. The van der Waals surface area contributed by atoms with E-state index in [1.807, 2.05) is 34.9 Å². The standard InChI is InChI=1S/C28H22F2N6O/c29-22-2-1-3-23(30)21(22)14-32-26-27-33-15-25(36(27)16-24(35-26)17-10-12-31-13-11-17)18-4-6-19(7-5-18)28(37)34-20-8-9-20/h1-7,10-13,15-16,20H,8-9,14H2,(H,32,35)(H,34,37). The Hall–Kier alpha value is -4.66. The first-order valence-corrected chi connectivity index (χ1v) is 11.9. The number of pyridine rings is 1. The van der Waals surface area contributed by atoms with Crippen molar-refractivity contribution in [2.75, 3.05) is 5.32 Å². The zero-order chi connectivity index (χ0) is 25.4. The number of amides is 1. The number of nitrogens with one attached hydrogen (secondary N) is 2. The Morgan fingerprint density at radius 1 is 0.973 bits per heavy atom. The molecule has 0 saturated heterocycles. The van der Waals surface area contributed by atoms with Crippen LogP contribution in [0.15, 0.2) is 79.4 Å². The molecule has 0 radical (unpaired) electrons. The van der Waals surface area contributed by atoms with E-state index >= 15 is 0 Å². The monoisotopic (exact) mass is 496 g/mol. The maximum absolute atomic E-state index is 14.2. The van der Waals surface area contributed by atoms with Crippen LogP contribution in [0.3, 0.4) is 0 Å². The van der Waals surface area contributed by atoms with Crippen LogP contribution in [0.2, 0.25) is 0 Å². The molecule has 5 aromatic rings. The maximum atomic E-state index is 14.2. The number of hydrogen-bond acceptors (Lipinski definition) is 5. The van der Waals surface area contributed by atoms with Gasteiger partial charge in [-0.25, -0.2) is 18.7 Å². The van der Waals surface area contributed by atoms with Crippen molar-refractivity contribution in [3.05, 3.63) is 102 Å². The van der Waals surface area contributed by atoms with Gasteiger partial charge in [0.2, 0.25) is 0 Å². The molecule has 2 N–H and O–H groups in total. The van der Waals surface area contributed by atoms with Crippen molar-refractivity contribution in [2.45, 2.75) is 25.4 Å². The molecule has 0 atom stereocenters. The van der Waals surface area contributed by atoms with Gasteiger partial charge >= 0.3 is 0 Å². The average molecular weight is 497 g/mol. The third-order valence-electron chi connectivity index (χ3n) is 6.32. The third kappa shape index (κ3) is 4.63. The van der Waals surface area contributed by atoms with Crippen LogP contribution in [0.1, 0.15) is 28.8 Å². The molecule has 37 heavy (non-hydrogen) atoms. The number of anilines is 1. The molecule has 0 bridgehead atoms. The minimum atomic E-state index is -0.636. The van der Waals surface area contributed by atoms with Crippen molar-refractivity contribution in [2.24, 2.45) is 0 Å². The van der Waals surface area contributed by atoms with Crippen LogP contribution in [0.4, 0.5) is 14.6 Å². The first-order valence-electron chi connectivity index (χ1n) is 11.9. The van der Waals surface area contributed by atoms with Gasteiger partial charge in [-0.1, -0.05) is 18.2 Å². The zero-order valence-corrected chi connectivity index (χ0v) is 19.7. The quantitative estimate of drug-likeness (QED) is 0.322.